The highest BCUT2D eigenvalue weighted by atomic mass is 16.5. The number of anilines is 6. The van der Waals surface area contributed by atoms with E-state index in [4.69, 9.17) is 4.74 Å². The first-order valence-electron chi connectivity index (χ1n) is 17.3. The Balaban J connectivity index is 1.01. The summed E-state index contributed by atoms with van der Waals surface area (Å²) in [6, 6.07) is 72.6. The summed E-state index contributed by atoms with van der Waals surface area (Å²) in [5.41, 5.74) is 13.5. The normalized spacial score (nSPS) is 11.6. The molecule has 0 aliphatic carbocycles. The maximum absolute atomic E-state index is 6.49. The quantitative estimate of drug-likeness (QED) is 0.170. The molecule has 9 rings (SSSR count). The van der Waals surface area contributed by atoms with Gasteiger partial charge in [0.2, 0.25) is 0 Å². The lowest BCUT2D eigenvalue weighted by Crippen LogP contribution is -2.15. The smallest absolute Gasteiger partial charge is 0.152 e. The van der Waals surface area contributed by atoms with Gasteiger partial charge in [0.25, 0.3) is 0 Å². The zero-order chi connectivity index (χ0) is 34.0. The van der Waals surface area contributed by atoms with Crippen molar-refractivity contribution in [3.05, 3.63) is 206 Å². The van der Waals surface area contributed by atoms with Crippen LogP contribution >= 0.6 is 0 Å². The van der Waals surface area contributed by atoms with Gasteiger partial charge >= 0.3 is 0 Å². The van der Waals surface area contributed by atoms with Crippen LogP contribution < -0.4 is 14.5 Å². The van der Waals surface area contributed by atoms with Gasteiger partial charge in [-0.3, -0.25) is 0 Å². The number of benzene rings is 8. The number of nitrogens with zero attached hydrogens (tertiary/aromatic N) is 2. The van der Waals surface area contributed by atoms with E-state index in [1.165, 1.54) is 22.3 Å². The van der Waals surface area contributed by atoms with Gasteiger partial charge in [-0.05, 0) is 106 Å². The third kappa shape index (κ3) is 5.92. The summed E-state index contributed by atoms with van der Waals surface area (Å²) in [7, 11) is 0. The summed E-state index contributed by atoms with van der Waals surface area (Å²) < 4.78 is 6.49. The lowest BCUT2D eigenvalue weighted by molar-refractivity contribution is 0.477. The Morgan fingerprint density at radius 2 is 0.725 bits per heavy atom. The van der Waals surface area contributed by atoms with Gasteiger partial charge < -0.3 is 14.5 Å². The van der Waals surface area contributed by atoms with Crippen molar-refractivity contribution in [1.82, 2.24) is 0 Å². The van der Waals surface area contributed by atoms with Crippen LogP contribution in [0.25, 0.3) is 33.4 Å². The minimum absolute atomic E-state index is 0.833. The van der Waals surface area contributed by atoms with Crippen LogP contribution in [0.15, 0.2) is 206 Å². The highest BCUT2D eigenvalue weighted by Gasteiger charge is 2.26. The number of ether oxygens (including phenoxy) is 1. The number of hydrogen-bond donors (Lipinski definition) is 0. The third-order valence-corrected chi connectivity index (χ3v) is 9.47. The van der Waals surface area contributed by atoms with Gasteiger partial charge in [-0.15, -0.1) is 0 Å². The van der Waals surface area contributed by atoms with E-state index >= 15 is 0 Å². The Morgan fingerprint density at radius 3 is 1.33 bits per heavy atom. The predicted octanol–water partition coefficient (Wildman–Crippen LogP) is 13.7. The molecular formula is C48H34N2O. The average molecular weight is 655 g/mol. The van der Waals surface area contributed by atoms with E-state index in [0.717, 1.165) is 56.8 Å². The van der Waals surface area contributed by atoms with Crippen molar-refractivity contribution < 1.29 is 4.74 Å². The zero-order valence-corrected chi connectivity index (χ0v) is 27.9. The summed E-state index contributed by atoms with van der Waals surface area (Å²) in [6.45, 7) is 0. The molecule has 0 N–H and O–H groups in total. The molecule has 3 nitrogen and oxygen atoms in total. The molecule has 1 aliphatic rings. The molecule has 1 heterocycles. The second kappa shape index (κ2) is 13.2. The number of rotatable bonds is 7. The van der Waals surface area contributed by atoms with Crippen LogP contribution in [0.1, 0.15) is 0 Å². The number of fused-ring (bicyclic) bond motifs is 2. The molecule has 51 heavy (non-hydrogen) atoms. The molecule has 0 atom stereocenters. The molecule has 1 aliphatic heterocycles. The molecule has 8 aromatic rings. The largest absolute Gasteiger partial charge is 0.453 e. The molecule has 0 amide bonds. The Labute approximate surface area is 298 Å². The molecule has 0 saturated carbocycles. The molecule has 8 aromatic carbocycles. The summed E-state index contributed by atoms with van der Waals surface area (Å²) in [5, 5.41) is 0. The first kappa shape index (κ1) is 30.2. The van der Waals surface area contributed by atoms with Crippen molar-refractivity contribution >= 4 is 34.1 Å². The Bertz CT molecular complexity index is 2410. The van der Waals surface area contributed by atoms with Crippen LogP contribution in [-0.4, -0.2) is 0 Å². The third-order valence-electron chi connectivity index (χ3n) is 9.47. The SMILES string of the molecule is c1ccc(-c2ccc(-c3ccc(N(c4ccccc4)c4ccc(-c5ccc6c(c5)Oc5ccccc5N6c5ccccc5)cc4)cc3)cc2)cc1. The average Bonchev–Trinajstić information content (AvgIpc) is 3.21. The summed E-state index contributed by atoms with van der Waals surface area (Å²) in [4.78, 5) is 4.57. The second-order valence-electron chi connectivity index (χ2n) is 12.6. The van der Waals surface area contributed by atoms with Crippen LogP contribution in [0.3, 0.4) is 0 Å². The van der Waals surface area contributed by atoms with Gasteiger partial charge in [-0.25, -0.2) is 0 Å². The van der Waals surface area contributed by atoms with Crippen LogP contribution in [0.5, 0.6) is 11.5 Å². The van der Waals surface area contributed by atoms with E-state index in [2.05, 4.69) is 198 Å². The lowest BCUT2D eigenvalue weighted by atomic mass is 10.00. The number of para-hydroxylation sites is 4. The van der Waals surface area contributed by atoms with Crippen molar-refractivity contribution in [2.24, 2.45) is 0 Å². The summed E-state index contributed by atoms with van der Waals surface area (Å²) in [5.74, 6) is 1.68. The molecule has 0 aromatic heterocycles. The monoisotopic (exact) mass is 654 g/mol. The van der Waals surface area contributed by atoms with Crippen molar-refractivity contribution in [2.45, 2.75) is 0 Å². The first-order chi connectivity index (χ1) is 25.3. The van der Waals surface area contributed by atoms with Crippen molar-refractivity contribution in [2.75, 3.05) is 9.80 Å². The van der Waals surface area contributed by atoms with Gasteiger partial charge in [-0.2, -0.15) is 0 Å². The van der Waals surface area contributed by atoms with Crippen molar-refractivity contribution in [3.8, 4) is 44.9 Å². The molecule has 242 valence electrons. The van der Waals surface area contributed by atoms with E-state index < -0.39 is 0 Å². The maximum atomic E-state index is 6.49. The van der Waals surface area contributed by atoms with Crippen molar-refractivity contribution in [1.29, 1.82) is 0 Å². The van der Waals surface area contributed by atoms with Gasteiger partial charge in [-0.1, -0.05) is 133 Å². The van der Waals surface area contributed by atoms with Crippen LogP contribution in [-0.2, 0) is 0 Å². The fourth-order valence-electron chi connectivity index (χ4n) is 6.91. The Hall–Kier alpha value is -6.84. The highest BCUT2D eigenvalue weighted by Crippen LogP contribution is 2.51. The Kier molecular flexibility index (Phi) is 7.84. The van der Waals surface area contributed by atoms with Crippen LogP contribution in [0.4, 0.5) is 34.1 Å². The van der Waals surface area contributed by atoms with Crippen LogP contribution in [0.2, 0.25) is 0 Å². The van der Waals surface area contributed by atoms with E-state index in [0.29, 0.717) is 0 Å². The van der Waals surface area contributed by atoms with Gasteiger partial charge in [0.05, 0.1) is 11.4 Å². The first-order valence-corrected chi connectivity index (χ1v) is 17.3. The topological polar surface area (TPSA) is 15.7 Å². The molecule has 0 spiro atoms. The fourth-order valence-corrected chi connectivity index (χ4v) is 6.91. The lowest BCUT2D eigenvalue weighted by Gasteiger charge is -2.33. The Morgan fingerprint density at radius 1 is 0.314 bits per heavy atom. The predicted molar refractivity (Wildman–Crippen MR) is 212 cm³/mol. The summed E-state index contributed by atoms with van der Waals surface area (Å²) >= 11 is 0. The molecule has 3 heteroatoms. The molecule has 0 radical (unpaired) electrons. The molecule has 0 unspecified atom stereocenters. The van der Waals surface area contributed by atoms with E-state index in [1.807, 2.05) is 18.2 Å². The number of hydrogen-bond acceptors (Lipinski definition) is 3. The molecule has 0 bridgehead atoms. The van der Waals surface area contributed by atoms with Gasteiger partial charge in [0.15, 0.2) is 11.5 Å². The van der Waals surface area contributed by atoms with Crippen LogP contribution in [0, 0.1) is 0 Å². The van der Waals surface area contributed by atoms with E-state index in [1.54, 1.807) is 0 Å². The fraction of sp³-hybridized carbons (Fsp3) is 0. The highest BCUT2D eigenvalue weighted by molar-refractivity contribution is 5.88. The minimum atomic E-state index is 0.833. The standard InChI is InChI=1S/C48H34N2O/c1-4-12-35(13-5-1)36-20-22-37(23-21-36)38-24-29-43(30-25-38)49(41-14-6-2-7-15-41)44-31-26-39(27-32-44)40-28-33-46-48(34-40)51-47-19-11-10-18-45(47)50(46)42-16-8-3-9-17-42/h1-34H. The van der Waals surface area contributed by atoms with E-state index in [-0.39, 0.29) is 0 Å². The summed E-state index contributed by atoms with van der Waals surface area (Å²) in [6.07, 6.45) is 0. The van der Waals surface area contributed by atoms with Gasteiger partial charge in [0.1, 0.15) is 0 Å². The molecule has 0 fully saturated rings. The van der Waals surface area contributed by atoms with Crippen molar-refractivity contribution in [3.63, 3.8) is 0 Å². The minimum Gasteiger partial charge on any atom is -0.453 e. The van der Waals surface area contributed by atoms with E-state index in [9.17, 15) is 0 Å². The zero-order valence-electron chi connectivity index (χ0n) is 27.9. The molecular weight excluding hydrogens is 621 g/mol. The maximum Gasteiger partial charge on any atom is 0.152 e. The second-order valence-corrected chi connectivity index (χ2v) is 12.6. The molecule has 0 saturated heterocycles. The van der Waals surface area contributed by atoms with Gasteiger partial charge in [0, 0.05) is 22.7 Å².